The molecule has 0 radical (unpaired) electrons. The molecular weight excluding hydrogens is 212 g/mol. The van der Waals surface area contributed by atoms with E-state index in [4.69, 9.17) is 18.3 Å². The molecule has 0 aromatic carbocycles. The van der Waals surface area contributed by atoms with Gasteiger partial charge in [0, 0.05) is 26.4 Å². The number of ether oxygens (including phenoxy) is 2. The van der Waals surface area contributed by atoms with Crippen LogP contribution in [0.1, 0.15) is 19.8 Å². The molecule has 1 aliphatic rings. The average molecular weight is 234 g/mol. The molecule has 0 N–H and O–H groups in total. The fourth-order valence-corrected chi connectivity index (χ4v) is 3.38. The van der Waals surface area contributed by atoms with Gasteiger partial charge in [0.1, 0.15) is 6.10 Å². The van der Waals surface area contributed by atoms with Gasteiger partial charge in [-0.25, -0.2) is 0 Å². The third-order valence-electron chi connectivity index (χ3n) is 2.71. The number of hydrogen-bond acceptors (Lipinski definition) is 4. The van der Waals surface area contributed by atoms with Gasteiger partial charge < -0.3 is 18.3 Å². The zero-order chi connectivity index (χ0) is 11.1. The highest BCUT2D eigenvalue weighted by molar-refractivity contribution is 6.46. The summed E-state index contributed by atoms with van der Waals surface area (Å²) < 4.78 is 21.3. The van der Waals surface area contributed by atoms with Gasteiger partial charge >= 0.3 is 9.28 Å². The van der Waals surface area contributed by atoms with Crippen LogP contribution in [0.4, 0.5) is 0 Å². The highest BCUT2D eigenvalue weighted by atomic mass is 28.3. The quantitative estimate of drug-likeness (QED) is 0.340. The molecule has 0 bridgehead atoms. The van der Waals surface area contributed by atoms with Crippen molar-refractivity contribution in [3.63, 3.8) is 0 Å². The van der Waals surface area contributed by atoms with Crippen molar-refractivity contribution >= 4 is 9.28 Å². The Hall–Kier alpha value is 0.0569. The highest BCUT2D eigenvalue weighted by Gasteiger charge is 2.24. The largest absolute Gasteiger partial charge is 0.400 e. The number of epoxide rings is 1. The van der Waals surface area contributed by atoms with Crippen LogP contribution in [0, 0.1) is 0 Å². The van der Waals surface area contributed by atoms with Gasteiger partial charge in [0.15, 0.2) is 0 Å². The summed E-state index contributed by atoms with van der Waals surface area (Å²) in [6.45, 7) is 4.56. The van der Waals surface area contributed by atoms with Crippen molar-refractivity contribution in [3.05, 3.63) is 0 Å². The Bertz CT molecular complexity index is 160. The molecule has 4 nitrogen and oxygen atoms in total. The second kappa shape index (κ2) is 7.35. The lowest BCUT2D eigenvalue weighted by molar-refractivity contribution is 0.110. The lowest BCUT2D eigenvalue weighted by Crippen LogP contribution is -2.27. The first-order chi connectivity index (χ1) is 7.31. The summed E-state index contributed by atoms with van der Waals surface area (Å²) in [6, 6.07) is 0. The predicted octanol–water partition coefficient (Wildman–Crippen LogP) is 1.09. The van der Waals surface area contributed by atoms with E-state index >= 15 is 0 Å². The van der Waals surface area contributed by atoms with Crippen molar-refractivity contribution in [2.24, 2.45) is 0 Å². The summed E-state index contributed by atoms with van der Waals surface area (Å²) in [6.07, 6.45) is 2.49. The molecule has 0 aliphatic carbocycles. The van der Waals surface area contributed by atoms with Gasteiger partial charge in [0.05, 0.1) is 13.2 Å². The molecule has 0 aromatic rings. The molecule has 1 heterocycles. The van der Waals surface area contributed by atoms with Gasteiger partial charge in [-0.05, 0) is 6.42 Å². The van der Waals surface area contributed by atoms with Crippen molar-refractivity contribution in [3.8, 4) is 0 Å². The molecule has 0 saturated carbocycles. The van der Waals surface area contributed by atoms with E-state index in [1.807, 2.05) is 0 Å². The van der Waals surface area contributed by atoms with Crippen LogP contribution in [0.5, 0.6) is 0 Å². The van der Waals surface area contributed by atoms with Gasteiger partial charge in [-0.2, -0.15) is 0 Å². The summed E-state index contributed by atoms with van der Waals surface area (Å²) in [5.74, 6) is 0. The van der Waals surface area contributed by atoms with E-state index in [0.717, 1.165) is 32.7 Å². The zero-order valence-corrected chi connectivity index (χ0v) is 11.1. The van der Waals surface area contributed by atoms with E-state index in [0.29, 0.717) is 11.6 Å². The van der Waals surface area contributed by atoms with Crippen LogP contribution >= 0.6 is 0 Å². The summed E-state index contributed by atoms with van der Waals surface area (Å²) in [5.41, 5.74) is 0.542. The van der Waals surface area contributed by atoms with E-state index in [1.165, 1.54) is 0 Å². The minimum absolute atomic E-state index is 0.364. The van der Waals surface area contributed by atoms with Crippen molar-refractivity contribution < 1.29 is 18.3 Å². The number of rotatable bonds is 9. The van der Waals surface area contributed by atoms with Gasteiger partial charge in [-0.15, -0.1) is 0 Å². The van der Waals surface area contributed by atoms with Crippen LogP contribution in [-0.4, -0.2) is 49.4 Å². The molecule has 1 aliphatic heterocycles. The normalized spacial score (nSPS) is 22.0. The summed E-state index contributed by atoms with van der Waals surface area (Å²) in [7, 11) is 2.01. The molecule has 2 atom stereocenters. The summed E-state index contributed by atoms with van der Waals surface area (Å²) in [5, 5.41) is 0. The van der Waals surface area contributed by atoms with Crippen LogP contribution < -0.4 is 0 Å². The predicted molar refractivity (Wildman–Crippen MR) is 60.4 cm³/mol. The van der Waals surface area contributed by atoms with Crippen LogP contribution in [0.3, 0.4) is 0 Å². The van der Waals surface area contributed by atoms with E-state index in [1.54, 1.807) is 14.2 Å². The van der Waals surface area contributed by atoms with E-state index < -0.39 is 9.28 Å². The SMILES string of the molecule is CCC(CCOCC1CO1)[SiH](OC)OC. The second-order valence-electron chi connectivity index (χ2n) is 3.83. The van der Waals surface area contributed by atoms with Gasteiger partial charge in [0.2, 0.25) is 0 Å². The highest BCUT2D eigenvalue weighted by Crippen LogP contribution is 2.21. The van der Waals surface area contributed by atoms with E-state index in [9.17, 15) is 0 Å². The van der Waals surface area contributed by atoms with Crippen LogP contribution in [0.15, 0.2) is 0 Å². The summed E-state index contributed by atoms with van der Waals surface area (Å²) >= 11 is 0. The molecule has 0 spiro atoms. The number of hydrogen-bond donors (Lipinski definition) is 0. The van der Waals surface area contributed by atoms with Gasteiger partial charge in [-0.3, -0.25) is 0 Å². The maximum atomic E-state index is 5.52. The maximum Gasteiger partial charge on any atom is 0.324 e. The third-order valence-corrected chi connectivity index (χ3v) is 5.22. The lowest BCUT2D eigenvalue weighted by atomic mass is 10.2. The monoisotopic (exact) mass is 234 g/mol. The molecule has 2 unspecified atom stereocenters. The molecule has 1 fully saturated rings. The Morgan fingerprint density at radius 1 is 1.40 bits per heavy atom. The Morgan fingerprint density at radius 3 is 2.53 bits per heavy atom. The van der Waals surface area contributed by atoms with E-state index in [-0.39, 0.29) is 0 Å². The standard InChI is InChI=1S/C10H22O4Si/c1-4-10(15(11-2)12-3)5-6-13-7-9-8-14-9/h9-10,15H,4-8H2,1-3H3. The molecular formula is C10H22O4Si. The zero-order valence-electron chi connectivity index (χ0n) is 9.90. The third kappa shape index (κ3) is 5.08. The van der Waals surface area contributed by atoms with Gasteiger partial charge in [-0.1, -0.05) is 13.3 Å². The van der Waals surface area contributed by atoms with Crippen molar-refractivity contribution in [1.82, 2.24) is 0 Å². The van der Waals surface area contributed by atoms with Crippen LogP contribution in [0.25, 0.3) is 0 Å². The Kier molecular flexibility index (Phi) is 6.43. The minimum atomic E-state index is -1.47. The topological polar surface area (TPSA) is 40.2 Å². The van der Waals surface area contributed by atoms with Crippen molar-refractivity contribution in [2.75, 3.05) is 34.0 Å². The van der Waals surface area contributed by atoms with Crippen LogP contribution in [-0.2, 0) is 18.3 Å². The second-order valence-corrected chi connectivity index (χ2v) is 6.45. The lowest BCUT2D eigenvalue weighted by Gasteiger charge is -2.21. The Morgan fingerprint density at radius 2 is 2.07 bits per heavy atom. The first-order valence-corrected chi connectivity index (χ1v) is 7.17. The first-order valence-electron chi connectivity index (χ1n) is 5.56. The Labute approximate surface area is 93.7 Å². The minimum Gasteiger partial charge on any atom is -0.400 e. The molecule has 1 saturated heterocycles. The Balaban J connectivity index is 2.07. The smallest absolute Gasteiger partial charge is 0.324 e. The summed E-state index contributed by atoms with van der Waals surface area (Å²) in [4.78, 5) is 0. The first kappa shape index (κ1) is 13.1. The average Bonchev–Trinajstić information content (AvgIpc) is 3.06. The molecule has 5 heteroatoms. The maximum absolute atomic E-state index is 5.52. The molecule has 15 heavy (non-hydrogen) atoms. The fraction of sp³-hybridized carbons (Fsp3) is 1.00. The van der Waals surface area contributed by atoms with Gasteiger partial charge in [0.25, 0.3) is 0 Å². The van der Waals surface area contributed by atoms with Crippen molar-refractivity contribution in [2.45, 2.75) is 31.4 Å². The van der Waals surface area contributed by atoms with Crippen LogP contribution in [0.2, 0.25) is 5.54 Å². The van der Waals surface area contributed by atoms with Crippen molar-refractivity contribution in [1.29, 1.82) is 0 Å². The molecule has 0 amide bonds. The molecule has 90 valence electrons. The van der Waals surface area contributed by atoms with E-state index in [2.05, 4.69) is 6.92 Å². The molecule has 0 aromatic heterocycles. The molecule has 1 rings (SSSR count). The fourth-order valence-electron chi connectivity index (χ4n) is 1.63.